The van der Waals surface area contributed by atoms with Gasteiger partial charge in [0.1, 0.15) is 36.3 Å². The number of allylic oxidation sites excluding steroid dienone is 2. The molecule has 0 radical (unpaired) electrons. The molecule has 47 heteroatoms. The number of thioether (sulfide) groups is 1. The first-order valence-corrected chi connectivity index (χ1v) is 55.6. The largest absolute Gasteiger partial charge is 0.481 e. The second-order valence-electron chi connectivity index (χ2n) is 37.5. The van der Waals surface area contributed by atoms with Gasteiger partial charge in [-0.2, -0.15) is 4.31 Å². The molecule has 15 atom stereocenters. The fraction of sp³-hybridized carbons (Fsp3) is 0.534. The first-order chi connectivity index (χ1) is 70.8. The molecule has 5 aromatic rings. The first kappa shape index (κ1) is 127. The van der Waals surface area contributed by atoms with Crippen LogP contribution in [0.3, 0.4) is 0 Å². The van der Waals surface area contributed by atoms with Gasteiger partial charge < -0.3 is 107 Å². The van der Waals surface area contributed by atoms with Gasteiger partial charge in [-0.15, -0.1) is 11.8 Å². The monoisotopic (exact) mass is 2190 g/mol. The van der Waals surface area contributed by atoms with Crippen molar-refractivity contribution in [3.8, 4) is 0 Å². The number of unbranched alkanes of at least 4 members (excludes halogenated alkanes) is 1. The number of urea groups is 1. The number of aryl methyl sites for hydroxylation is 2. The van der Waals surface area contributed by atoms with E-state index < -0.39 is 201 Å². The van der Waals surface area contributed by atoms with Crippen LogP contribution in [0.5, 0.6) is 0 Å². The number of halogens is 1. The van der Waals surface area contributed by atoms with E-state index in [0.717, 1.165) is 31.4 Å². The van der Waals surface area contributed by atoms with Crippen molar-refractivity contribution >= 4 is 138 Å². The molecule has 6 rings (SSSR count). The number of amides is 12. The number of benzene rings is 5. The van der Waals surface area contributed by atoms with E-state index in [4.69, 9.17) is 50.1 Å². The van der Waals surface area contributed by atoms with E-state index in [0.29, 0.717) is 35.4 Å². The maximum atomic E-state index is 14.7. The number of Topliss-reactive ketones (excluding diaryl/α,β-unsaturated/α-hetero) is 1. The van der Waals surface area contributed by atoms with Gasteiger partial charge in [-0.3, -0.25) is 61.8 Å². The lowest BCUT2D eigenvalue weighted by Gasteiger charge is -2.36. The average Bonchev–Trinajstić information content (AvgIpc) is 1.63. The van der Waals surface area contributed by atoms with Crippen molar-refractivity contribution in [1.29, 1.82) is 0 Å². The summed E-state index contributed by atoms with van der Waals surface area (Å²) in [4.78, 5) is 214. The predicted molar refractivity (Wildman–Crippen MR) is 562 cm³/mol. The number of phosphoric ester groups is 2. The lowest BCUT2D eigenvalue weighted by molar-refractivity contribution is -0.156. The van der Waals surface area contributed by atoms with E-state index in [1.165, 1.54) is 106 Å². The highest BCUT2D eigenvalue weighted by atomic mass is 35.5. The molecule has 0 saturated carbocycles. The molecule has 14 N–H and O–H groups in total. The molecule has 828 valence electrons. The molecular formula is C103H147ClN12O30P2S2. The summed E-state index contributed by atoms with van der Waals surface area (Å²) in [6.07, 6.45) is 1.90. The van der Waals surface area contributed by atoms with Crippen molar-refractivity contribution in [3.05, 3.63) is 183 Å². The lowest BCUT2D eigenvalue weighted by atomic mass is 9.83. The lowest BCUT2D eigenvalue weighted by Crippen LogP contribution is -2.57. The molecule has 5 aromatic carbocycles. The number of nitrogens with two attached hydrogens (primary N) is 1. The molecule has 1 aliphatic heterocycles. The van der Waals surface area contributed by atoms with E-state index in [1.807, 2.05) is 65.0 Å². The SMILES string of the molecule is C/C=C(\C)C[C@@H](C)CC(/C=C(\C)C(=O)O[C@@H]1CC(C)N([C@@H](C)C(=O)N(C)[C@H](Cc2ccc(Cl)cc2)C(=O)N(C)CC(=O)N[C@H](C(=O)N[C@H](C)C(=O)O)C(C)CC)C1=O)C(CCCCOP(=O)(O)OP(=O)(O)OCc1ccc(NC(=O)[C@@H](CCCNC(N)=O)NC(=O)[C@H](NC(=O)CCOCCOCCOCCOCCNC(=O)c2ccc(C(=O)C(CSc3ccc(C)cc3)CS(=O)(=O)c3ccc(C)cc3)cc2)C(C)C)cc1)NC(=O)O. The average molecular weight is 2190 g/mol. The summed E-state index contributed by atoms with van der Waals surface area (Å²) in [5, 5.41) is 40.7. The number of carboxylic acid groups (broad SMARTS) is 2. The number of hydrogen-bond acceptors (Lipinski definition) is 27. The highest BCUT2D eigenvalue weighted by Gasteiger charge is 2.47. The third-order valence-electron chi connectivity index (χ3n) is 24.8. The topological polar surface area (TPSA) is 594 Å². The molecule has 0 aromatic heterocycles. The number of ether oxygens (including phenoxy) is 5. The summed E-state index contributed by atoms with van der Waals surface area (Å²) in [7, 11) is -11.9. The van der Waals surface area contributed by atoms with Gasteiger partial charge in [0.15, 0.2) is 21.7 Å². The predicted octanol–water partition coefficient (Wildman–Crippen LogP) is 11.0. The van der Waals surface area contributed by atoms with E-state index >= 15 is 0 Å². The van der Waals surface area contributed by atoms with Crippen molar-refractivity contribution in [2.75, 3.05) is 110 Å². The molecule has 150 heavy (non-hydrogen) atoms. The third kappa shape index (κ3) is 44.9. The fourth-order valence-electron chi connectivity index (χ4n) is 16.1. The minimum Gasteiger partial charge on any atom is -0.480 e. The van der Waals surface area contributed by atoms with Gasteiger partial charge in [0.2, 0.25) is 41.4 Å². The Labute approximate surface area is 885 Å². The van der Waals surface area contributed by atoms with Crippen molar-refractivity contribution in [3.63, 3.8) is 0 Å². The number of hydrogen-bond donors (Lipinski definition) is 13. The van der Waals surface area contributed by atoms with Gasteiger partial charge >= 0.3 is 39.7 Å². The molecular weight excluding hydrogens is 2050 g/mol. The summed E-state index contributed by atoms with van der Waals surface area (Å²) in [6.45, 7) is 21.9. The van der Waals surface area contributed by atoms with Crippen LogP contribution in [0.2, 0.25) is 5.02 Å². The number of anilines is 1. The molecule has 1 saturated heterocycles. The second-order valence-corrected chi connectivity index (χ2v) is 44.2. The number of carbonyl (C=O) groups excluding carboxylic acids is 12. The zero-order chi connectivity index (χ0) is 111. The molecule has 0 spiro atoms. The van der Waals surface area contributed by atoms with Gasteiger partial charge in [-0.05, 0) is 196 Å². The van der Waals surface area contributed by atoms with Gasteiger partial charge in [0, 0.05) is 103 Å². The van der Waals surface area contributed by atoms with Gasteiger partial charge in [0.25, 0.3) is 11.8 Å². The number of carbonyl (C=O) groups is 14. The van der Waals surface area contributed by atoms with Crippen molar-refractivity contribution in [1.82, 2.24) is 51.9 Å². The van der Waals surface area contributed by atoms with Crippen LogP contribution in [0.25, 0.3) is 0 Å². The Balaban J connectivity index is 0.921. The Morgan fingerprint density at radius 1 is 0.647 bits per heavy atom. The number of likely N-dealkylation sites (tertiary alicyclic amines) is 1. The number of nitrogens with zero attached hydrogens (tertiary/aromatic N) is 3. The second kappa shape index (κ2) is 63.8. The maximum absolute atomic E-state index is 14.7. The van der Waals surface area contributed by atoms with Crippen LogP contribution in [0.4, 0.5) is 15.3 Å². The Morgan fingerprint density at radius 3 is 1.81 bits per heavy atom. The Kier molecular flexibility index (Phi) is 54.2. The molecule has 1 aliphatic rings. The van der Waals surface area contributed by atoms with Crippen molar-refractivity contribution < 1.29 is 142 Å². The van der Waals surface area contributed by atoms with Crippen LogP contribution in [0.1, 0.15) is 183 Å². The number of nitrogens with one attached hydrogen (secondary N) is 8. The number of phosphoric acid groups is 2. The van der Waals surface area contributed by atoms with Crippen molar-refractivity contribution in [2.24, 2.45) is 35.3 Å². The highest BCUT2D eigenvalue weighted by molar-refractivity contribution is 7.99. The first-order valence-electron chi connectivity index (χ1n) is 49.6. The molecule has 1 heterocycles. The maximum Gasteiger partial charge on any atom is 0.481 e. The number of sulfone groups is 1. The summed E-state index contributed by atoms with van der Waals surface area (Å²) in [5.74, 6) is -11.3. The summed E-state index contributed by atoms with van der Waals surface area (Å²) in [6, 6.07) is 22.6. The van der Waals surface area contributed by atoms with Crippen LogP contribution in [-0.2, 0) is 117 Å². The normalized spacial score (nSPS) is 16.3. The fourth-order valence-corrected chi connectivity index (χ4v) is 21.0. The van der Waals surface area contributed by atoms with Crippen molar-refractivity contribution in [2.45, 2.75) is 231 Å². The van der Waals surface area contributed by atoms with Crippen LogP contribution in [0.15, 0.2) is 154 Å². The molecule has 7 unspecified atom stereocenters. The van der Waals surface area contributed by atoms with Gasteiger partial charge in [-0.1, -0.05) is 142 Å². The third-order valence-corrected chi connectivity index (χ3v) is 30.7. The van der Waals surface area contributed by atoms with E-state index in [2.05, 4.69) is 46.8 Å². The van der Waals surface area contributed by atoms with Gasteiger partial charge in [-0.25, -0.2) is 31.9 Å². The number of primary amides is 1. The quantitative estimate of drug-likeness (QED) is 0.00327. The zero-order valence-corrected chi connectivity index (χ0v) is 91.8. The van der Waals surface area contributed by atoms with E-state index in [-0.39, 0.29) is 168 Å². The number of carboxylic acids is 1. The minimum atomic E-state index is -5.38. The molecule has 0 aliphatic carbocycles. The minimum absolute atomic E-state index is 0.00163. The summed E-state index contributed by atoms with van der Waals surface area (Å²) in [5.41, 5.74) is 9.78. The van der Waals surface area contributed by atoms with Crippen LogP contribution in [-0.4, -0.2) is 285 Å². The number of likely N-dealkylation sites (N-methyl/N-ethyl adjacent to an activating group) is 2. The number of ketones is 1. The van der Waals surface area contributed by atoms with E-state index in [9.17, 15) is 105 Å². The van der Waals surface area contributed by atoms with Crippen LogP contribution < -0.4 is 48.3 Å². The zero-order valence-electron chi connectivity index (χ0n) is 87.6. The summed E-state index contributed by atoms with van der Waals surface area (Å²) < 4.78 is 96.3. The Morgan fingerprint density at radius 2 is 1.22 bits per heavy atom. The highest BCUT2D eigenvalue weighted by Crippen LogP contribution is 2.61. The Hall–Kier alpha value is -11.4. The summed E-state index contributed by atoms with van der Waals surface area (Å²) >= 11 is 7.60. The standard InChI is InChI=1S/C103H147ClN12O30P2S2/c1-16-65(5)55-68(8)56-78(57-70(10)101(129)145-87-58-71(11)116(99(87)126)73(13)97(124)115(15)86(59-74-27-35-80(104)36-28-74)98(125)114(14)60-89(118)113-91(69(9)17-2)96(123)108-72(12)100(127)128)84(111-103(131)132)21-18-19-46-143-147(133,134)146-148(135,136)144-61-75-29-37-81(38-30-75)109-94(121)85(22-20-44-107-102(105)130)110-95(122)90(64(3)4)112-88(117)43-47-139-49-51-141-53-54-142-52-50-140-48-45-106-93(120)77-33-31-76(32-34-77)92(119)79(62-149-82-39-23-66(6)24-40-82)63-150(137,138)83-41-25-67(7)26-42-83/h16,23-42,57,64,68-69,71-73,78-79,84-87,90-91,111H,17-22,43-56,58-63H2,1-15H3,(H,106,120)(H,108,123)(H,109,121)(H,110,122)(H,112,117)(H,113,118)(H,127,128)(H,131,132)(H,133,134)(H,135,136)(H3,105,107,130)/b65-16+,70-57+/t68-,69?,71?,72-,73+,78?,79?,84?,85-,86-,87-,90-,91+/m1/s1. The van der Waals surface area contributed by atoms with E-state index in [1.54, 1.807) is 83.1 Å². The van der Waals surface area contributed by atoms with Gasteiger partial charge in [0.05, 0.1) is 83.3 Å². The number of aliphatic carboxylic acids is 1. The smallest absolute Gasteiger partial charge is 0.480 e. The Bertz CT molecular complexity index is 5600. The number of rotatable bonds is 68. The van der Waals surface area contributed by atoms with Crippen LogP contribution >= 0.6 is 39.0 Å². The molecule has 12 amide bonds. The molecule has 1 fully saturated rings. The molecule has 0 bridgehead atoms. The van der Waals surface area contributed by atoms with Crippen LogP contribution in [0, 0.1) is 43.4 Å². The molecule has 42 nitrogen and oxygen atoms in total. The number of esters is 1.